The summed E-state index contributed by atoms with van der Waals surface area (Å²) in [5, 5.41) is 3.27. The summed E-state index contributed by atoms with van der Waals surface area (Å²) in [7, 11) is 0. The Labute approximate surface area is 127 Å². The number of nitrogens with one attached hydrogen (secondary N) is 1. The second-order valence-electron chi connectivity index (χ2n) is 4.57. The average molecular weight is 336 g/mol. The number of hydrogen-bond donors (Lipinski definition) is 2. The first-order valence-electron chi connectivity index (χ1n) is 6.44. The van der Waals surface area contributed by atoms with Crippen LogP contribution in [-0.4, -0.2) is 11.6 Å². The molecule has 2 aromatic rings. The topological polar surface area (TPSA) is 60.2 Å². The number of anilines is 3. The molecule has 0 atom stereocenters. The van der Waals surface area contributed by atoms with Crippen molar-refractivity contribution in [3.05, 3.63) is 39.9 Å². The molecule has 2 rings (SSSR count). The molecule has 0 radical (unpaired) electrons. The molecular formula is C15H18BrN3O. The van der Waals surface area contributed by atoms with Gasteiger partial charge >= 0.3 is 0 Å². The van der Waals surface area contributed by atoms with E-state index in [-0.39, 0.29) is 0 Å². The van der Waals surface area contributed by atoms with E-state index in [0.29, 0.717) is 24.0 Å². The first kappa shape index (κ1) is 14.7. The van der Waals surface area contributed by atoms with E-state index in [1.807, 2.05) is 13.0 Å². The van der Waals surface area contributed by atoms with Crippen molar-refractivity contribution in [2.24, 2.45) is 0 Å². The number of halogens is 1. The van der Waals surface area contributed by atoms with Crippen LogP contribution in [0.25, 0.3) is 0 Å². The van der Waals surface area contributed by atoms with Crippen LogP contribution in [-0.2, 0) is 0 Å². The number of benzene rings is 1. The fourth-order valence-corrected chi connectivity index (χ4v) is 2.17. The van der Waals surface area contributed by atoms with Gasteiger partial charge in [0.25, 0.3) is 0 Å². The molecule has 0 spiro atoms. The van der Waals surface area contributed by atoms with Crippen LogP contribution in [0.4, 0.5) is 17.2 Å². The number of pyridine rings is 1. The molecule has 0 saturated carbocycles. The Morgan fingerprint density at radius 2 is 1.90 bits per heavy atom. The largest absolute Gasteiger partial charge is 0.476 e. The number of ether oxygens (including phenoxy) is 1. The highest BCUT2D eigenvalue weighted by Crippen LogP contribution is 2.28. The van der Waals surface area contributed by atoms with E-state index in [2.05, 4.69) is 52.2 Å². The molecule has 0 fully saturated rings. The summed E-state index contributed by atoms with van der Waals surface area (Å²) in [6.45, 7) is 6.56. The smallest absolute Gasteiger partial charge is 0.239 e. The number of aryl methyl sites for hydroxylation is 2. The van der Waals surface area contributed by atoms with Crippen molar-refractivity contribution in [3.63, 3.8) is 0 Å². The van der Waals surface area contributed by atoms with Gasteiger partial charge in [0.15, 0.2) is 0 Å². The summed E-state index contributed by atoms with van der Waals surface area (Å²) in [6, 6.07) is 7.76. The lowest BCUT2D eigenvalue weighted by Gasteiger charge is -2.12. The summed E-state index contributed by atoms with van der Waals surface area (Å²) in [5.41, 5.74) is 9.69. The minimum atomic E-state index is 0.461. The molecule has 0 aliphatic carbocycles. The molecule has 3 N–H and O–H groups in total. The lowest BCUT2D eigenvalue weighted by atomic mass is 10.1. The third-order valence-corrected chi connectivity index (χ3v) is 4.13. The van der Waals surface area contributed by atoms with E-state index in [1.165, 1.54) is 11.1 Å². The molecule has 0 bridgehead atoms. The molecule has 106 valence electrons. The fraction of sp³-hybridized carbons (Fsp3) is 0.267. The molecule has 0 aliphatic heterocycles. The van der Waals surface area contributed by atoms with Gasteiger partial charge in [-0.05, 0) is 56.2 Å². The van der Waals surface area contributed by atoms with Crippen LogP contribution in [0.2, 0.25) is 0 Å². The molecule has 1 heterocycles. The number of nitrogens with two attached hydrogens (primary N) is 1. The molecule has 4 nitrogen and oxygen atoms in total. The van der Waals surface area contributed by atoms with Gasteiger partial charge < -0.3 is 15.8 Å². The first-order chi connectivity index (χ1) is 9.51. The van der Waals surface area contributed by atoms with Crippen LogP contribution in [0.3, 0.4) is 0 Å². The quantitative estimate of drug-likeness (QED) is 0.879. The van der Waals surface area contributed by atoms with Gasteiger partial charge in [-0.15, -0.1) is 0 Å². The Balaban J connectivity index is 2.28. The number of hydrogen-bond acceptors (Lipinski definition) is 4. The Morgan fingerprint density at radius 3 is 2.50 bits per heavy atom. The van der Waals surface area contributed by atoms with Gasteiger partial charge in [0.2, 0.25) is 5.88 Å². The molecule has 1 aromatic heterocycles. The number of nitrogen functional groups attached to an aromatic ring is 1. The van der Waals surface area contributed by atoms with Crippen molar-refractivity contribution in [1.82, 2.24) is 4.98 Å². The highest BCUT2D eigenvalue weighted by atomic mass is 79.9. The van der Waals surface area contributed by atoms with Gasteiger partial charge in [0.1, 0.15) is 5.82 Å². The molecular weight excluding hydrogens is 318 g/mol. The third-order valence-electron chi connectivity index (χ3n) is 2.88. The van der Waals surface area contributed by atoms with Crippen molar-refractivity contribution < 1.29 is 4.74 Å². The van der Waals surface area contributed by atoms with Crippen molar-refractivity contribution in [2.75, 3.05) is 17.7 Å². The zero-order valence-corrected chi connectivity index (χ0v) is 13.4. The van der Waals surface area contributed by atoms with Crippen LogP contribution in [0.15, 0.2) is 28.7 Å². The lowest BCUT2D eigenvalue weighted by Crippen LogP contribution is -2.02. The molecule has 5 heteroatoms. The zero-order valence-electron chi connectivity index (χ0n) is 11.8. The Kier molecular flexibility index (Phi) is 4.49. The fourth-order valence-electron chi connectivity index (χ4n) is 1.94. The van der Waals surface area contributed by atoms with Crippen LogP contribution in [0, 0.1) is 13.8 Å². The van der Waals surface area contributed by atoms with Crippen molar-refractivity contribution in [1.29, 1.82) is 0 Å². The first-order valence-corrected chi connectivity index (χ1v) is 7.23. The summed E-state index contributed by atoms with van der Waals surface area (Å²) >= 11 is 3.56. The molecule has 0 amide bonds. The number of nitrogens with zero attached hydrogens (tertiary/aromatic N) is 1. The van der Waals surface area contributed by atoms with E-state index >= 15 is 0 Å². The summed E-state index contributed by atoms with van der Waals surface area (Å²) in [4.78, 5) is 4.37. The number of rotatable bonds is 4. The van der Waals surface area contributed by atoms with Crippen molar-refractivity contribution in [2.45, 2.75) is 20.8 Å². The predicted molar refractivity (Wildman–Crippen MR) is 86.7 cm³/mol. The van der Waals surface area contributed by atoms with Gasteiger partial charge in [-0.2, -0.15) is 4.98 Å². The van der Waals surface area contributed by atoms with E-state index in [1.54, 1.807) is 6.07 Å². The molecule has 0 saturated heterocycles. The Morgan fingerprint density at radius 1 is 1.25 bits per heavy atom. The summed E-state index contributed by atoms with van der Waals surface area (Å²) < 4.78 is 6.53. The van der Waals surface area contributed by atoms with Gasteiger partial charge in [0, 0.05) is 10.2 Å². The third kappa shape index (κ3) is 3.22. The van der Waals surface area contributed by atoms with Gasteiger partial charge in [-0.3, -0.25) is 0 Å². The van der Waals surface area contributed by atoms with E-state index < -0.39 is 0 Å². The van der Waals surface area contributed by atoms with E-state index in [4.69, 9.17) is 10.5 Å². The van der Waals surface area contributed by atoms with Crippen LogP contribution < -0.4 is 15.8 Å². The van der Waals surface area contributed by atoms with Crippen LogP contribution >= 0.6 is 15.9 Å². The van der Waals surface area contributed by atoms with Gasteiger partial charge in [-0.25, -0.2) is 0 Å². The highest BCUT2D eigenvalue weighted by Gasteiger charge is 2.06. The Bertz CT molecular complexity index is 606. The standard InChI is InChI=1S/C15H18BrN3O/c1-4-20-15-12(17)5-6-13(19-15)18-11-7-9(2)14(16)10(3)8-11/h5-8H,4,17H2,1-3H3,(H,18,19). The van der Waals surface area contributed by atoms with Gasteiger partial charge in [-0.1, -0.05) is 15.9 Å². The average Bonchev–Trinajstić information content (AvgIpc) is 2.40. The van der Waals surface area contributed by atoms with E-state index in [9.17, 15) is 0 Å². The molecule has 1 aromatic carbocycles. The second-order valence-corrected chi connectivity index (χ2v) is 5.37. The maximum atomic E-state index is 5.82. The van der Waals surface area contributed by atoms with Gasteiger partial charge in [0.05, 0.1) is 12.3 Å². The second kappa shape index (κ2) is 6.13. The molecule has 0 unspecified atom stereocenters. The lowest BCUT2D eigenvalue weighted by molar-refractivity contribution is 0.329. The maximum absolute atomic E-state index is 5.82. The van der Waals surface area contributed by atoms with Crippen LogP contribution in [0.1, 0.15) is 18.1 Å². The Hall–Kier alpha value is -1.75. The van der Waals surface area contributed by atoms with E-state index in [0.717, 1.165) is 10.2 Å². The zero-order chi connectivity index (χ0) is 14.7. The predicted octanol–water partition coefficient (Wildman–Crippen LogP) is 4.19. The maximum Gasteiger partial charge on any atom is 0.239 e. The van der Waals surface area contributed by atoms with Crippen LogP contribution in [0.5, 0.6) is 5.88 Å². The molecule has 20 heavy (non-hydrogen) atoms. The normalized spacial score (nSPS) is 10.4. The highest BCUT2D eigenvalue weighted by molar-refractivity contribution is 9.10. The summed E-state index contributed by atoms with van der Waals surface area (Å²) in [5.74, 6) is 1.17. The SMILES string of the molecule is CCOc1nc(Nc2cc(C)c(Br)c(C)c2)ccc1N. The summed E-state index contributed by atoms with van der Waals surface area (Å²) in [6.07, 6.45) is 0. The van der Waals surface area contributed by atoms with Crippen molar-refractivity contribution in [3.8, 4) is 5.88 Å². The molecule has 0 aliphatic rings. The number of aromatic nitrogens is 1. The van der Waals surface area contributed by atoms with Crippen molar-refractivity contribution >= 4 is 33.1 Å². The monoisotopic (exact) mass is 335 g/mol. The minimum Gasteiger partial charge on any atom is -0.476 e. The minimum absolute atomic E-state index is 0.461.